The summed E-state index contributed by atoms with van der Waals surface area (Å²) >= 11 is 9.55. The molecule has 0 fully saturated rings. The number of anilines is 1. The van der Waals surface area contributed by atoms with E-state index in [1.54, 1.807) is 0 Å². The van der Waals surface area contributed by atoms with Crippen LogP contribution in [0.5, 0.6) is 0 Å². The van der Waals surface area contributed by atoms with E-state index in [1.807, 2.05) is 24.3 Å². The highest BCUT2D eigenvalue weighted by Crippen LogP contribution is 2.30. The molecule has 0 aliphatic carbocycles. The van der Waals surface area contributed by atoms with E-state index in [2.05, 4.69) is 52.4 Å². The van der Waals surface area contributed by atoms with Gasteiger partial charge in [-0.2, -0.15) is 0 Å². The molecule has 0 spiro atoms. The zero-order valence-corrected chi connectivity index (χ0v) is 12.5. The minimum Gasteiger partial charge on any atom is -0.383 e. The SMILES string of the molecule is CC(CNc1cccc(Cl)c1Br)c1ccccc1. The van der Waals surface area contributed by atoms with Gasteiger partial charge in [0.05, 0.1) is 9.50 Å². The first-order valence-corrected chi connectivity index (χ1v) is 7.08. The van der Waals surface area contributed by atoms with Gasteiger partial charge in [-0.1, -0.05) is 54.9 Å². The molecule has 1 N–H and O–H groups in total. The van der Waals surface area contributed by atoms with Crippen molar-refractivity contribution in [2.24, 2.45) is 0 Å². The van der Waals surface area contributed by atoms with Crippen molar-refractivity contribution in [3.05, 3.63) is 63.6 Å². The molecule has 2 rings (SSSR count). The standard InChI is InChI=1S/C15H15BrClN/c1-11(12-6-3-2-4-7-12)10-18-14-9-5-8-13(17)15(14)16/h2-9,11,18H,10H2,1H3. The molecule has 0 saturated carbocycles. The van der Waals surface area contributed by atoms with E-state index >= 15 is 0 Å². The fourth-order valence-electron chi connectivity index (χ4n) is 1.80. The van der Waals surface area contributed by atoms with Crippen LogP contribution in [0.15, 0.2) is 53.0 Å². The van der Waals surface area contributed by atoms with Crippen molar-refractivity contribution in [1.82, 2.24) is 0 Å². The molecular weight excluding hydrogens is 310 g/mol. The van der Waals surface area contributed by atoms with Gasteiger partial charge in [0.1, 0.15) is 0 Å². The van der Waals surface area contributed by atoms with Crippen molar-refractivity contribution >= 4 is 33.2 Å². The summed E-state index contributed by atoms with van der Waals surface area (Å²) in [5.41, 5.74) is 2.37. The van der Waals surface area contributed by atoms with Gasteiger partial charge in [-0.25, -0.2) is 0 Å². The molecule has 1 atom stereocenters. The maximum atomic E-state index is 6.06. The Hall–Kier alpha value is -0.990. The van der Waals surface area contributed by atoms with Crippen molar-refractivity contribution in [3.8, 4) is 0 Å². The van der Waals surface area contributed by atoms with Gasteiger partial charge in [0.25, 0.3) is 0 Å². The number of rotatable bonds is 4. The average Bonchev–Trinajstić information content (AvgIpc) is 2.41. The number of hydrogen-bond acceptors (Lipinski definition) is 1. The molecule has 2 aromatic carbocycles. The summed E-state index contributed by atoms with van der Waals surface area (Å²) in [6.45, 7) is 3.09. The van der Waals surface area contributed by atoms with Gasteiger partial charge in [-0.3, -0.25) is 0 Å². The molecule has 0 aliphatic rings. The lowest BCUT2D eigenvalue weighted by Crippen LogP contribution is -2.10. The molecule has 18 heavy (non-hydrogen) atoms. The number of benzene rings is 2. The fraction of sp³-hybridized carbons (Fsp3) is 0.200. The second-order valence-corrected chi connectivity index (χ2v) is 5.49. The molecule has 0 heterocycles. The Bertz CT molecular complexity index is 513. The molecule has 2 aromatic rings. The summed E-state index contributed by atoms with van der Waals surface area (Å²) in [6, 6.07) is 16.3. The van der Waals surface area contributed by atoms with Crippen molar-refractivity contribution in [3.63, 3.8) is 0 Å². The zero-order valence-electron chi connectivity index (χ0n) is 10.2. The first-order valence-electron chi connectivity index (χ1n) is 5.91. The lowest BCUT2D eigenvalue weighted by Gasteiger charge is -2.15. The second kappa shape index (κ2) is 6.26. The highest BCUT2D eigenvalue weighted by molar-refractivity contribution is 9.10. The quantitative estimate of drug-likeness (QED) is 0.802. The van der Waals surface area contributed by atoms with Crippen LogP contribution in [0.25, 0.3) is 0 Å². The predicted octanol–water partition coefficient (Wildman–Crippen LogP) is 5.32. The third-order valence-electron chi connectivity index (χ3n) is 2.92. The van der Waals surface area contributed by atoms with Crippen LogP contribution in [0.2, 0.25) is 5.02 Å². The molecule has 1 nitrogen and oxygen atoms in total. The lowest BCUT2D eigenvalue weighted by molar-refractivity contribution is 0.804. The molecule has 0 amide bonds. The smallest absolute Gasteiger partial charge is 0.0593 e. The average molecular weight is 325 g/mol. The first-order chi connectivity index (χ1) is 8.68. The van der Waals surface area contributed by atoms with E-state index in [-0.39, 0.29) is 0 Å². The van der Waals surface area contributed by atoms with E-state index in [0.29, 0.717) is 5.92 Å². The van der Waals surface area contributed by atoms with Gasteiger partial charge in [-0.05, 0) is 39.5 Å². The van der Waals surface area contributed by atoms with Gasteiger partial charge in [0.15, 0.2) is 0 Å². The molecule has 0 radical (unpaired) electrons. The Balaban J connectivity index is 2.02. The molecule has 3 heteroatoms. The summed E-state index contributed by atoms with van der Waals surface area (Å²) in [4.78, 5) is 0. The van der Waals surface area contributed by atoms with Crippen LogP contribution >= 0.6 is 27.5 Å². The highest BCUT2D eigenvalue weighted by Gasteiger charge is 2.07. The largest absolute Gasteiger partial charge is 0.383 e. The maximum Gasteiger partial charge on any atom is 0.0593 e. The van der Waals surface area contributed by atoms with E-state index in [1.165, 1.54) is 5.56 Å². The van der Waals surface area contributed by atoms with Crippen LogP contribution in [0.1, 0.15) is 18.4 Å². The van der Waals surface area contributed by atoms with Gasteiger partial charge in [0, 0.05) is 12.2 Å². The Morgan fingerprint density at radius 3 is 2.56 bits per heavy atom. The Kier molecular flexibility index (Phi) is 4.67. The van der Waals surface area contributed by atoms with Crippen LogP contribution in [-0.4, -0.2) is 6.54 Å². The summed E-state index contributed by atoms with van der Waals surface area (Å²) in [5, 5.41) is 4.15. The van der Waals surface area contributed by atoms with E-state index in [4.69, 9.17) is 11.6 Å². The minimum absolute atomic E-state index is 0.456. The zero-order chi connectivity index (χ0) is 13.0. The summed E-state index contributed by atoms with van der Waals surface area (Å²) < 4.78 is 0.923. The van der Waals surface area contributed by atoms with Gasteiger partial charge >= 0.3 is 0 Å². The second-order valence-electron chi connectivity index (χ2n) is 4.29. The lowest BCUT2D eigenvalue weighted by atomic mass is 10.0. The van der Waals surface area contributed by atoms with Crippen LogP contribution in [0.3, 0.4) is 0 Å². The molecule has 1 unspecified atom stereocenters. The molecule has 0 aliphatic heterocycles. The predicted molar refractivity (Wildman–Crippen MR) is 82.5 cm³/mol. The fourth-order valence-corrected chi connectivity index (χ4v) is 2.38. The van der Waals surface area contributed by atoms with Crippen molar-refractivity contribution in [1.29, 1.82) is 0 Å². The normalized spacial score (nSPS) is 12.2. The number of halogens is 2. The van der Waals surface area contributed by atoms with E-state index < -0.39 is 0 Å². The third kappa shape index (κ3) is 3.27. The van der Waals surface area contributed by atoms with Crippen molar-refractivity contribution in [2.45, 2.75) is 12.8 Å². The Morgan fingerprint density at radius 1 is 1.11 bits per heavy atom. The monoisotopic (exact) mass is 323 g/mol. The Morgan fingerprint density at radius 2 is 1.83 bits per heavy atom. The maximum absolute atomic E-state index is 6.06. The summed E-state index contributed by atoms with van der Waals surface area (Å²) in [6.07, 6.45) is 0. The highest BCUT2D eigenvalue weighted by atomic mass is 79.9. The van der Waals surface area contributed by atoms with Gasteiger partial charge in [0.2, 0.25) is 0 Å². The third-order valence-corrected chi connectivity index (χ3v) is 4.32. The van der Waals surface area contributed by atoms with Crippen LogP contribution in [-0.2, 0) is 0 Å². The number of nitrogens with one attached hydrogen (secondary N) is 1. The molecule has 0 aromatic heterocycles. The molecule has 0 bridgehead atoms. The van der Waals surface area contributed by atoms with E-state index in [9.17, 15) is 0 Å². The van der Waals surface area contributed by atoms with Crippen LogP contribution in [0, 0.1) is 0 Å². The minimum atomic E-state index is 0.456. The molecule has 0 saturated heterocycles. The van der Waals surface area contributed by atoms with Crippen LogP contribution < -0.4 is 5.32 Å². The van der Waals surface area contributed by atoms with Gasteiger partial charge in [-0.15, -0.1) is 0 Å². The van der Waals surface area contributed by atoms with Crippen LogP contribution in [0.4, 0.5) is 5.69 Å². The topological polar surface area (TPSA) is 12.0 Å². The first kappa shape index (κ1) is 13.4. The Labute approximate surface area is 121 Å². The summed E-state index contributed by atoms with van der Waals surface area (Å²) in [7, 11) is 0. The van der Waals surface area contributed by atoms with Crippen molar-refractivity contribution in [2.75, 3.05) is 11.9 Å². The van der Waals surface area contributed by atoms with E-state index in [0.717, 1.165) is 21.7 Å². The molecular formula is C15H15BrClN. The van der Waals surface area contributed by atoms with Crippen molar-refractivity contribution < 1.29 is 0 Å². The number of hydrogen-bond donors (Lipinski definition) is 1. The summed E-state index contributed by atoms with van der Waals surface area (Å²) in [5.74, 6) is 0.456. The van der Waals surface area contributed by atoms with Gasteiger partial charge < -0.3 is 5.32 Å². The molecule has 94 valence electrons.